The molecule has 0 aliphatic rings. The van der Waals surface area contributed by atoms with Crippen molar-refractivity contribution < 1.29 is 9.53 Å². The Bertz CT molecular complexity index is 571. The first kappa shape index (κ1) is 14.1. The Balaban J connectivity index is 2.10. The van der Waals surface area contributed by atoms with Crippen LogP contribution in [0, 0.1) is 0 Å². The molecular weight excluding hydrogens is 284 g/mol. The van der Waals surface area contributed by atoms with Crippen molar-refractivity contribution in [3.05, 3.63) is 18.2 Å². The van der Waals surface area contributed by atoms with Crippen molar-refractivity contribution in [3.63, 3.8) is 0 Å². The molecular formula is C13H15ClN2O2S. The highest BCUT2D eigenvalue weighted by molar-refractivity contribution is 7.22. The minimum atomic E-state index is -0.0512. The number of nitrogens with one attached hydrogen (secondary N) is 1. The van der Waals surface area contributed by atoms with E-state index in [4.69, 9.17) is 16.3 Å². The van der Waals surface area contributed by atoms with Gasteiger partial charge in [-0.05, 0) is 31.5 Å². The molecule has 2 aromatic rings. The number of hydrogen-bond acceptors (Lipinski definition) is 4. The van der Waals surface area contributed by atoms with Crippen molar-refractivity contribution in [2.24, 2.45) is 0 Å². The van der Waals surface area contributed by atoms with Crippen LogP contribution in [-0.4, -0.2) is 23.4 Å². The molecule has 0 atom stereocenters. The summed E-state index contributed by atoms with van der Waals surface area (Å²) in [6.07, 6.45) is 1.09. The van der Waals surface area contributed by atoms with Gasteiger partial charge in [-0.15, -0.1) is 11.6 Å². The van der Waals surface area contributed by atoms with Crippen LogP contribution in [0.3, 0.4) is 0 Å². The highest BCUT2D eigenvalue weighted by atomic mass is 35.5. The van der Waals surface area contributed by atoms with Gasteiger partial charge in [-0.3, -0.25) is 4.79 Å². The number of carbonyl (C=O) groups is 1. The van der Waals surface area contributed by atoms with E-state index in [2.05, 4.69) is 10.3 Å². The van der Waals surface area contributed by atoms with Gasteiger partial charge >= 0.3 is 0 Å². The number of halogens is 1. The van der Waals surface area contributed by atoms with Crippen LogP contribution in [0.15, 0.2) is 18.2 Å². The van der Waals surface area contributed by atoms with Crippen molar-refractivity contribution in [3.8, 4) is 5.75 Å². The molecule has 0 bridgehead atoms. The molecule has 1 heterocycles. The third-order valence-electron chi connectivity index (χ3n) is 2.45. The molecule has 1 aromatic carbocycles. The average molecular weight is 299 g/mol. The number of hydrogen-bond donors (Lipinski definition) is 1. The summed E-state index contributed by atoms with van der Waals surface area (Å²) in [5, 5.41) is 3.40. The number of anilines is 1. The summed E-state index contributed by atoms with van der Waals surface area (Å²) < 4.78 is 6.43. The van der Waals surface area contributed by atoms with Crippen molar-refractivity contribution in [2.45, 2.75) is 19.8 Å². The number of ether oxygens (including phenoxy) is 1. The van der Waals surface area contributed by atoms with Gasteiger partial charge in [0, 0.05) is 12.3 Å². The predicted molar refractivity (Wildman–Crippen MR) is 79.4 cm³/mol. The van der Waals surface area contributed by atoms with Gasteiger partial charge in [-0.1, -0.05) is 11.3 Å². The maximum atomic E-state index is 11.6. The summed E-state index contributed by atoms with van der Waals surface area (Å²) in [5.41, 5.74) is 0.862. The van der Waals surface area contributed by atoms with E-state index in [1.54, 1.807) is 0 Å². The molecule has 102 valence electrons. The highest BCUT2D eigenvalue weighted by Crippen LogP contribution is 2.29. The standard InChI is InChI=1S/C13H15ClN2O2S/c1-2-18-9-5-6-10-11(8-9)19-13(15-10)16-12(17)4-3-7-14/h5-6,8H,2-4,7H2,1H3,(H,15,16,17). The first-order valence-corrected chi connectivity index (χ1v) is 7.47. The van der Waals surface area contributed by atoms with E-state index in [-0.39, 0.29) is 5.91 Å². The molecule has 0 spiro atoms. The molecule has 4 nitrogen and oxygen atoms in total. The smallest absolute Gasteiger partial charge is 0.226 e. The Hall–Kier alpha value is -1.33. The van der Waals surface area contributed by atoms with Crippen LogP contribution in [0.5, 0.6) is 5.75 Å². The Morgan fingerprint density at radius 1 is 1.53 bits per heavy atom. The quantitative estimate of drug-likeness (QED) is 0.828. The third kappa shape index (κ3) is 3.81. The van der Waals surface area contributed by atoms with E-state index in [1.807, 2.05) is 25.1 Å². The molecule has 0 saturated carbocycles. The largest absolute Gasteiger partial charge is 0.494 e. The minimum Gasteiger partial charge on any atom is -0.494 e. The summed E-state index contributed by atoms with van der Waals surface area (Å²) in [6.45, 7) is 2.58. The van der Waals surface area contributed by atoms with Crippen LogP contribution in [-0.2, 0) is 4.79 Å². The highest BCUT2D eigenvalue weighted by Gasteiger charge is 2.08. The molecule has 19 heavy (non-hydrogen) atoms. The number of amides is 1. The lowest BCUT2D eigenvalue weighted by Crippen LogP contribution is -2.10. The zero-order valence-electron chi connectivity index (χ0n) is 10.6. The second kappa shape index (κ2) is 6.73. The lowest BCUT2D eigenvalue weighted by molar-refractivity contribution is -0.116. The minimum absolute atomic E-state index is 0.0512. The van der Waals surface area contributed by atoms with Crippen LogP contribution < -0.4 is 10.1 Å². The molecule has 1 amide bonds. The molecule has 6 heteroatoms. The van der Waals surface area contributed by atoms with Crippen LogP contribution in [0.4, 0.5) is 5.13 Å². The van der Waals surface area contributed by atoms with Gasteiger partial charge in [0.15, 0.2) is 5.13 Å². The van der Waals surface area contributed by atoms with E-state index in [9.17, 15) is 4.79 Å². The Morgan fingerprint density at radius 3 is 3.11 bits per heavy atom. The number of benzene rings is 1. The van der Waals surface area contributed by atoms with Gasteiger partial charge in [-0.2, -0.15) is 0 Å². The van der Waals surface area contributed by atoms with Gasteiger partial charge in [0.25, 0.3) is 0 Å². The molecule has 1 N–H and O–H groups in total. The predicted octanol–water partition coefficient (Wildman–Crippen LogP) is 3.65. The third-order valence-corrected chi connectivity index (χ3v) is 3.66. The summed E-state index contributed by atoms with van der Waals surface area (Å²) in [6, 6.07) is 5.71. The number of rotatable bonds is 6. The first-order valence-electron chi connectivity index (χ1n) is 6.12. The summed E-state index contributed by atoms with van der Waals surface area (Å²) >= 11 is 7.00. The molecule has 0 aliphatic carbocycles. The molecule has 1 aromatic heterocycles. The molecule has 2 rings (SSSR count). The zero-order valence-corrected chi connectivity index (χ0v) is 12.2. The SMILES string of the molecule is CCOc1ccc2nc(NC(=O)CCCCl)sc2c1. The van der Waals surface area contributed by atoms with E-state index >= 15 is 0 Å². The van der Waals surface area contributed by atoms with E-state index in [0.717, 1.165) is 16.0 Å². The van der Waals surface area contributed by atoms with E-state index in [0.29, 0.717) is 30.5 Å². The van der Waals surface area contributed by atoms with Crippen molar-refractivity contribution in [2.75, 3.05) is 17.8 Å². The fraction of sp³-hybridized carbons (Fsp3) is 0.385. The van der Waals surface area contributed by atoms with Crippen LogP contribution in [0.2, 0.25) is 0 Å². The first-order chi connectivity index (χ1) is 9.22. The van der Waals surface area contributed by atoms with Gasteiger partial charge in [0.2, 0.25) is 5.91 Å². The fourth-order valence-corrected chi connectivity index (χ4v) is 2.67. The topological polar surface area (TPSA) is 51.2 Å². The number of thiazole rings is 1. The van der Waals surface area contributed by atoms with Gasteiger partial charge in [-0.25, -0.2) is 4.98 Å². The fourth-order valence-electron chi connectivity index (χ4n) is 1.62. The Kier molecular flexibility index (Phi) is 4.99. The molecule has 0 aliphatic heterocycles. The van der Waals surface area contributed by atoms with Crippen LogP contribution >= 0.6 is 22.9 Å². The summed E-state index contributed by atoms with van der Waals surface area (Å²) in [4.78, 5) is 15.9. The molecule has 0 saturated heterocycles. The van der Waals surface area contributed by atoms with Gasteiger partial charge in [0.05, 0.1) is 16.8 Å². The maximum absolute atomic E-state index is 11.6. The lowest BCUT2D eigenvalue weighted by atomic mass is 10.3. The van der Waals surface area contributed by atoms with Crippen molar-refractivity contribution in [1.29, 1.82) is 0 Å². The zero-order chi connectivity index (χ0) is 13.7. The number of aromatic nitrogens is 1. The number of carbonyl (C=O) groups excluding carboxylic acids is 1. The lowest BCUT2D eigenvalue weighted by Gasteiger charge is -2.00. The van der Waals surface area contributed by atoms with Crippen LogP contribution in [0.25, 0.3) is 10.2 Å². The second-order valence-electron chi connectivity index (χ2n) is 3.92. The summed E-state index contributed by atoms with van der Waals surface area (Å²) in [7, 11) is 0. The number of alkyl halides is 1. The normalized spacial score (nSPS) is 10.6. The van der Waals surface area contributed by atoms with Crippen molar-refractivity contribution >= 4 is 44.2 Å². The second-order valence-corrected chi connectivity index (χ2v) is 5.33. The molecule has 0 radical (unpaired) electrons. The van der Waals surface area contributed by atoms with Crippen LogP contribution in [0.1, 0.15) is 19.8 Å². The molecule has 0 fully saturated rings. The Morgan fingerprint density at radius 2 is 2.37 bits per heavy atom. The van der Waals surface area contributed by atoms with E-state index < -0.39 is 0 Å². The van der Waals surface area contributed by atoms with Gasteiger partial charge in [0.1, 0.15) is 5.75 Å². The summed E-state index contributed by atoms with van der Waals surface area (Å²) in [5.74, 6) is 1.26. The Labute approximate surface area is 120 Å². The van der Waals surface area contributed by atoms with Crippen molar-refractivity contribution in [1.82, 2.24) is 4.98 Å². The number of nitrogens with zero attached hydrogens (tertiary/aromatic N) is 1. The van der Waals surface area contributed by atoms with E-state index in [1.165, 1.54) is 11.3 Å². The average Bonchev–Trinajstić information content (AvgIpc) is 2.78. The maximum Gasteiger partial charge on any atom is 0.226 e. The molecule has 0 unspecified atom stereocenters. The van der Waals surface area contributed by atoms with Gasteiger partial charge < -0.3 is 10.1 Å². The monoisotopic (exact) mass is 298 g/mol. The number of fused-ring (bicyclic) bond motifs is 1.